The standard InChI is InChI=1S/C22H19N3O6/c1-30-17-8-6-14(25(28)29)10-16(17)18-9-7-15(31-18)11-23-24-21(26)19-12-2-3-13(5-4-12)20(19)22(24)27/h2-3,6-13,19-20H,4-5H2,1H3/b23-11-/t12-,13-,19+,20+/m0/s1. The molecule has 2 fully saturated rings. The summed E-state index contributed by atoms with van der Waals surface area (Å²) in [6.07, 6.45) is 7.27. The van der Waals surface area contributed by atoms with E-state index in [1.807, 2.05) is 0 Å². The van der Waals surface area contributed by atoms with Crippen LogP contribution in [0.15, 0.2) is 52.0 Å². The number of nitrogens with zero attached hydrogens (tertiary/aromatic N) is 3. The summed E-state index contributed by atoms with van der Waals surface area (Å²) < 4.78 is 11.0. The molecule has 1 saturated carbocycles. The zero-order chi connectivity index (χ0) is 21.7. The molecule has 31 heavy (non-hydrogen) atoms. The van der Waals surface area contributed by atoms with E-state index in [1.54, 1.807) is 12.1 Å². The molecule has 9 nitrogen and oxygen atoms in total. The van der Waals surface area contributed by atoms with Gasteiger partial charge in [-0.2, -0.15) is 10.1 Å². The van der Waals surface area contributed by atoms with E-state index in [-0.39, 0.29) is 41.2 Å². The van der Waals surface area contributed by atoms with Crippen molar-refractivity contribution in [2.24, 2.45) is 28.8 Å². The van der Waals surface area contributed by atoms with Gasteiger partial charge in [0.05, 0.1) is 35.6 Å². The summed E-state index contributed by atoms with van der Waals surface area (Å²) in [4.78, 5) is 36.2. The summed E-state index contributed by atoms with van der Waals surface area (Å²) in [7, 11) is 1.46. The molecule has 1 aromatic carbocycles. The molecule has 0 spiro atoms. The fourth-order valence-corrected chi connectivity index (χ4v) is 4.86. The number of allylic oxidation sites excluding steroid dienone is 2. The monoisotopic (exact) mass is 421 g/mol. The number of amides is 2. The highest BCUT2D eigenvalue weighted by atomic mass is 16.6. The lowest BCUT2D eigenvalue weighted by molar-refractivity contribution is -0.384. The van der Waals surface area contributed by atoms with Crippen LogP contribution >= 0.6 is 0 Å². The smallest absolute Gasteiger partial charge is 0.270 e. The second-order valence-corrected chi connectivity index (χ2v) is 7.92. The average Bonchev–Trinajstić information content (AvgIpc) is 3.36. The van der Waals surface area contributed by atoms with Gasteiger partial charge in [0, 0.05) is 12.1 Å². The average molecular weight is 421 g/mol. The SMILES string of the molecule is COc1ccc([N+](=O)[O-])cc1-c1ccc(/C=N\N2C(=O)[C@H]3[C@H](C2=O)[C@H]2C=C[C@H]3CC2)o1. The van der Waals surface area contributed by atoms with Crippen LogP contribution in [0.1, 0.15) is 18.6 Å². The molecule has 2 heterocycles. The third-order valence-electron chi connectivity index (χ3n) is 6.32. The predicted octanol–water partition coefficient (Wildman–Crippen LogP) is 3.39. The Morgan fingerprint density at radius 3 is 2.39 bits per heavy atom. The first kappa shape index (κ1) is 19.2. The van der Waals surface area contributed by atoms with Crippen molar-refractivity contribution in [2.75, 3.05) is 7.11 Å². The topological polar surface area (TPSA) is 115 Å². The zero-order valence-electron chi connectivity index (χ0n) is 16.6. The molecule has 9 heteroatoms. The molecule has 4 atom stereocenters. The predicted molar refractivity (Wildman–Crippen MR) is 109 cm³/mol. The summed E-state index contributed by atoms with van der Waals surface area (Å²) in [6, 6.07) is 7.44. The van der Waals surface area contributed by atoms with Crippen molar-refractivity contribution in [3.05, 3.63) is 58.4 Å². The van der Waals surface area contributed by atoms with E-state index in [9.17, 15) is 19.7 Å². The first-order valence-corrected chi connectivity index (χ1v) is 10.0. The van der Waals surface area contributed by atoms with Crippen LogP contribution in [0.5, 0.6) is 5.75 Å². The molecule has 1 aliphatic heterocycles. The zero-order valence-corrected chi connectivity index (χ0v) is 16.6. The number of hydrogen-bond acceptors (Lipinski definition) is 7. The lowest BCUT2D eigenvalue weighted by Gasteiger charge is -2.37. The number of ether oxygens (including phenoxy) is 1. The number of nitro groups is 1. The van der Waals surface area contributed by atoms with Crippen molar-refractivity contribution in [1.29, 1.82) is 0 Å². The molecule has 3 aliphatic carbocycles. The van der Waals surface area contributed by atoms with Crippen molar-refractivity contribution < 1.29 is 23.7 Å². The summed E-state index contributed by atoms with van der Waals surface area (Å²) in [6.45, 7) is 0. The number of carbonyl (C=O) groups excluding carboxylic acids is 2. The third kappa shape index (κ3) is 3.04. The normalized spacial score (nSPS) is 26.7. The molecule has 1 aromatic heterocycles. The Hall–Kier alpha value is -3.75. The van der Waals surface area contributed by atoms with E-state index in [0.717, 1.165) is 17.9 Å². The lowest BCUT2D eigenvalue weighted by atomic mass is 9.63. The number of fused-ring (bicyclic) bond motifs is 1. The fraction of sp³-hybridized carbons (Fsp3) is 0.318. The molecule has 158 valence electrons. The first-order chi connectivity index (χ1) is 15.0. The van der Waals surface area contributed by atoms with Gasteiger partial charge in [0.1, 0.15) is 17.3 Å². The van der Waals surface area contributed by atoms with Gasteiger partial charge in [-0.3, -0.25) is 19.7 Å². The number of nitro benzene ring substituents is 1. The minimum absolute atomic E-state index is 0.0958. The van der Waals surface area contributed by atoms with Crippen molar-refractivity contribution >= 4 is 23.7 Å². The Labute approximate surface area is 177 Å². The number of rotatable bonds is 5. The van der Waals surface area contributed by atoms with Gasteiger partial charge in [-0.1, -0.05) is 12.2 Å². The molecule has 0 radical (unpaired) electrons. The molecule has 0 N–H and O–H groups in total. The van der Waals surface area contributed by atoms with Crippen LogP contribution < -0.4 is 4.74 Å². The summed E-state index contributed by atoms with van der Waals surface area (Å²) in [5.41, 5.74) is 0.319. The second-order valence-electron chi connectivity index (χ2n) is 7.92. The molecule has 4 aliphatic rings. The maximum Gasteiger partial charge on any atom is 0.270 e. The van der Waals surface area contributed by atoms with Crippen LogP contribution in [0.25, 0.3) is 11.3 Å². The van der Waals surface area contributed by atoms with E-state index in [4.69, 9.17) is 9.15 Å². The Balaban J connectivity index is 1.40. The lowest BCUT2D eigenvalue weighted by Crippen LogP contribution is -2.38. The highest BCUT2D eigenvalue weighted by Crippen LogP contribution is 2.49. The summed E-state index contributed by atoms with van der Waals surface area (Å²) in [5, 5.41) is 16.2. The Morgan fingerprint density at radius 2 is 1.81 bits per heavy atom. The molecular formula is C22H19N3O6. The van der Waals surface area contributed by atoms with Gasteiger partial charge in [-0.15, -0.1) is 0 Å². The number of imide groups is 1. The molecule has 6 rings (SSSR count). The first-order valence-electron chi connectivity index (χ1n) is 10.0. The minimum Gasteiger partial charge on any atom is -0.496 e. The van der Waals surface area contributed by atoms with Gasteiger partial charge in [0.15, 0.2) is 0 Å². The Bertz CT molecular complexity index is 1120. The van der Waals surface area contributed by atoms with Gasteiger partial charge in [0.2, 0.25) is 0 Å². The van der Waals surface area contributed by atoms with Crippen molar-refractivity contribution in [3.8, 4) is 17.1 Å². The van der Waals surface area contributed by atoms with Gasteiger partial charge in [-0.25, -0.2) is 0 Å². The number of benzene rings is 1. The van der Waals surface area contributed by atoms with E-state index >= 15 is 0 Å². The highest BCUT2D eigenvalue weighted by Gasteiger charge is 2.56. The molecule has 1 saturated heterocycles. The number of carbonyl (C=O) groups is 2. The van der Waals surface area contributed by atoms with Crippen LogP contribution in [0.2, 0.25) is 0 Å². The van der Waals surface area contributed by atoms with Crippen LogP contribution in [-0.2, 0) is 9.59 Å². The van der Waals surface area contributed by atoms with Crippen LogP contribution in [0.4, 0.5) is 5.69 Å². The van der Waals surface area contributed by atoms with E-state index in [2.05, 4.69) is 17.3 Å². The number of methoxy groups -OCH3 is 1. The Kier molecular flexibility index (Phi) is 4.46. The maximum absolute atomic E-state index is 12.8. The van der Waals surface area contributed by atoms with Crippen LogP contribution in [-0.4, -0.2) is 35.1 Å². The van der Waals surface area contributed by atoms with Crippen LogP contribution in [0.3, 0.4) is 0 Å². The van der Waals surface area contributed by atoms with Gasteiger partial charge >= 0.3 is 0 Å². The number of hydrogen-bond donors (Lipinski definition) is 0. The van der Waals surface area contributed by atoms with Gasteiger partial charge in [0.25, 0.3) is 17.5 Å². The van der Waals surface area contributed by atoms with Gasteiger partial charge in [-0.05, 0) is 42.9 Å². The number of furan rings is 1. The summed E-state index contributed by atoms with van der Waals surface area (Å²) in [5.74, 6) is 0.0863. The molecular weight excluding hydrogens is 402 g/mol. The van der Waals surface area contributed by atoms with Gasteiger partial charge < -0.3 is 9.15 Å². The second kappa shape index (κ2) is 7.19. The molecule has 2 bridgehead atoms. The van der Waals surface area contributed by atoms with E-state index in [0.29, 0.717) is 22.8 Å². The number of hydrazone groups is 1. The molecule has 2 aromatic rings. The van der Waals surface area contributed by atoms with Crippen molar-refractivity contribution in [3.63, 3.8) is 0 Å². The molecule has 0 unspecified atom stereocenters. The third-order valence-corrected chi connectivity index (χ3v) is 6.32. The van der Waals surface area contributed by atoms with Crippen LogP contribution in [0, 0.1) is 33.8 Å². The maximum atomic E-state index is 12.8. The van der Waals surface area contributed by atoms with Crippen molar-refractivity contribution in [1.82, 2.24) is 5.01 Å². The highest BCUT2D eigenvalue weighted by molar-refractivity contribution is 6.06. The summed E-state index contributed by atoms with van der Waals surface area (Å²) >= 11 is 0. The van der Waals surface area contributed by atoms with Crippen molar-refractivity contribution in [2.45, 2.75) is 12.8 Å². The largest absolute Gasteiger partial charge is 0.496 e. The quantitative estimate of drug-likeness (QED) is 0.240. The number of non-ortho nitro benzene ring substituents is 1. The van der Waals surface area contributed by atoms with E-state index < -0.39 is 4.92 Å². The Morgan fingerprint density at radius 1 is 1.13 bits per heavy atom. The fourth-order valence-electron chi connectivity index (χ4n) is 4.86. The minimum atomic E-state index is -0.500. The molecule has 2 amide bonds. The van der Waals surface area contributed by atoms with E-state index in [1.165, 1.54) is 31.5 Å².